The van der Waals surface area contributed by atoms with Gasteiger partial charge in [0, 0.05) is 13.1 Å². The van der Waals surface area contributed by atoms with Gasteiger partial charge in [0.15, 0.2) is 11.8 Å². The van der Waals surface area contributed by atoms with Gasteiger partial charge >= 0.3 is 5.97 Å². The lowest BCUT2D eigenvalue weighted by molar-refractivity contribution is -0.150. The number of nitrogens with zero attached hydrogens (tertiary/aromatic N) is 2. The highest BCUT2D eigenvalue weighted by Gasteiger charge is 2.40. The van der Waals surface area contributed by atoms with E-state index in [0.29, 0.717) is 25.6 Å². The lowest BCUT2D eigenvalue weighted by Crippen LogP contribution is -2.51. The SMILES string of the molecule is O=C(O)c1coc(C2CN(C(=O)C3OCCc4ccccc43)C2)n1. The van der Waals surface area contributed by atoms with Crippen molar-refractivity contribution in [2.45, 2.75) is 18.4 Å². The van der Waals surface area contributed by atoms with Crippen LogP contribution in [0.4, 0.5) is 0 Å². The van der Waals surface area contributed by atoms with Crippen LogP contribution in [0.25, 0.3) is 0 Å². The van der Waals surface area contributed by atoms with Crippen LogP contribution in [0.3, 0.4) is 0 Å². The first-order valence-electron chi connectivity index (χ1n) is 7.80. The molecule has 24 heavy (non-hydrogen) atoms. The lowest BCUT2D eigenvalue weighted by Gasteiger charge is -2.40. The molecule has 1 N–H and O–H groups in total. The summed E-state index contributed by atoms with van der Waals surface area (Å²) >= 11 is 0. The molecule has 0 aliphatic carbocycles. The first-order chi connectivity index (χ1) is 11.6. The molecular formula is C17H16N2O5. The van der Waals surface area contributed by atoms with E-state index in [1.807, 2.05) is 24.3 Å². The van der Waals surface area contributed by atoms with Gasteiger partial charge in [-0.05, 0) is 17.5 Å². The summed E-state index contributed by atoms with van der Waals surface area (Å²) in [5.74, 6) is -0.893. The molecule has 1 saturated heterocycles. The highest BCUT2D eigenvalue weighted by Crippen LogP contribution is 2.33. The van der Waals surface area contributed by atoms with Crippen molar-refractivity contribution in [2.75, 3.05) is 19.7 Å². The molecular weight excluding hydrogens is 312 g/mol. The maximum absolute atomic E-state index is 12.7. The Balaban J connectivity index is 1.44. The number of oxazole rings is 1. The maximum Gasteiger partial charge on any atom is 0.357 e. The number of carbonyl (C=O) groups excluding carboxylic acids is 1. The molecule has 1 unspecified atom stereocenters. The van der Waals surface area contributed by atoms with E-state index in [1.165, 1.54) is 0 Å². The zero-order valence-electron chi connectivity index (χ0n) is 12.8. The fourth-order valence-electron chi connectivity index (χ4n) is 3.15. The van der Waals surface area contributed by atoms with Gasteiger partial charge in [-0.2, -0.15) is 0 Å². The zero-order chi connectivity index (χ0) is 16.7. The molecule has 0 saturated carbocycles. The summed E-state index contributed by atoms with van der Waals surface area (Å²) in [5.41, 5.74) is 1.97. The number of benzene rings is 1. The van der Waals surface area contributed by atoms with E-state index in [0.717, 1.165) is 23.8 Å². The number of ether oxygens (including phenoxy) is 1. The quantitative estimate of drug-likeness (QED) is 0.920. The second kappa shape index (κ2) is 5.76. The molecule has 3 heterocycles. The first-order valence-corrected chi connectivity index (χ1v) is 7.80. The van der Waals surface area contributed by atoms with E-state index >= 15 is 0 Å². The Bertz CT molecular complexity index is 794. The summed E-state index contributed by atoms with van der Waals surface area (Å²) in [6, 6.07) is 7.83. The molecule has 2 aliphatic heterocycles. The Labute approximate surface area is 137 Å². The number of rotatable bonds is 3. The van der Waals surface area contributed by atoms with E-state index in [1.54, 1.807) is 4.90 Å². The van der Waals surface area contributed by atoms with E-state index < -0.39 is 12.1 Å². The minimum Gasteiger partial charge on any atom is -0.476 e. The third kappa shape index (κ3) is 2.46. The van der Waals surface area contributed by atoms with Gasteiger partial charge in [-0.3, -0.25) is 4.79 Å². The number of hydrogen-bond donors (Lipinski definition) is 1. The average molecular weight is 328 g/mol. The number of fused-ring (bicyclic) bond motifs is 1. The normalized spacial score (nSPS) is 20.3. The largest absolute Gasteiger partial charge is 0.476 e. The number of carboxylic acids is 1. The number of carboxylic acid groups (broad SMARTS) is 1. The van der Waals surface area contributed by atoms with Gasteiger partial charge in [0.2, 0.25) is 5.89 Å². The first kappa shape index (κ1) is 14.9. The van der Waals surface area contributed by atoms with E-state index in [4.69, 9.17) is 14.3 Å². The van der Waals surface area contributed by atoms with Crippen molar-refractivity contribution in [2.24, 2.45) is 0 Å². The lowest BCUT2D eigenvalue weighted by atomic mass is 9.94. The van der Waals surface area contributed by atoms with Gasteiger partial charge in [-0.1, -0.05) is 24.3 Å². The zero-order valence-corrected chi connectivity index (χ0v) is 12.8. The minimum atomic E-state index is -1.12. The van der Waals surface area contributed by atoms with Crippen LogP contribution in [0.5, 0.6) is 0 Å². The van der Waals surface area contributed by atoms with Crippen LogP contribution >= 0.6 is 0 Å². The van der Waals surface area contributed by atoms with Crippen LogP contribution < -0.4 is 0 Å². The molecule has 2 aromatic rings. The van der Waals surface area contributed by atoms with Gasteiger partial charge < -0.3 is 19.2 Å². The molecule has 1 aromatic carbocycles. The predicted octanol–water partition coefficient (Wildman–Crippen LogP) is 1.61. The Morgan fingerprint density at radius 2 is 2.04 bits per heavy atom. The van der Waals surface area contributed by atoms with Gasteiger partial charge in [0.25, 0.3) is 5.91 Å². The van der Waals surface area contributed by atoms with Gasteiger partial charge in [-0.25, -0.2) is 9.78 Å². The molecule has 1 aromatic heterocycles. The van der Waals surface area contributed by atoms with Crippen molar-refractivity contribution >= 4 is 11.9 Å². The van der Waals surface area contributed by atoms with Crippen LogP contribution in [0, 0.1) is 0 Å². The van der Waals surface area contributed by atoms with Crippen molar-refractivity contribution in [1.82, 2.24) is 9.88 Å². The fraction of sp³-hybridized carbons (Fsp3) is 0.353. The third-order valence-electron chi connectivity index (χ3n) is 4.50. The number of likely N-dealkylation sites (tertiary alicyclic amines) is 1. The van der Waals surface area contributed by atoms with Crippen LogP contribution in [0.15, 0.2) is 34.9 Å². The molecule has 0 bridgehead atoms. The predicted molar refractivity (Wildman–Crippen MR) is 81.6 cm³/mol. The Hall–Kier alpha value is -2.67. The van der Waals surface area contributed by atoms with Gasteiger partial charge in [0.05, 0.1) is 12.5 Å². The van der Waals surface area contributed by atoms with Crippen molar-refractivity contribution in [1.29, 1.82) is 0 Å². The van der Waals surface area contributed by atoms with Crippen LogP contribution in [-0.4, -0.2) is 46.6 Å². The molecule has 0 spiro atoms. The van der Waals surface area contributed by atoms with E-state index in [-0.39, 0.29) is 17.5 Å². The number of aromatic nitrogens is 1. The maximum atomic E-state index is 12.7. The highest BCUT2D eigenvalue weighted by molar-refractivity contribution is 5.85. The van der Waals surface area contributed by atoms with E-state index in [9.17, 15) is 9.59 Å². The summed E-state index contributed by atoms with van der Waals surface area (Å²) in [7, 11) is 0. The standard InChI is InChI=1S/C17H16N2O5/c20-16(14-12-4-2-1-3-10(12)5-6-23-14)19-7-11(8-19)15-18-13(9-24-15)17(21)22/h1-4,9,11,14H,5-8H2,(H,21,22). The Morgan fingerprint density at radius 1 is 1.25 bits per heavy atom. The van der Waals surface area contributed by atoms with Gasteiger partial charge in [-0.15, -0.1) is 0 Å². The summed E-state index contributed by atoms with van der Waals surface area (Å²) < 4.78 is 10.9. The molecule has 1 amide bonds. The van der Waals surface area contributed by atoms with Gasteiger partial charge in [0.1, 0.15) is 6.26 Å². The number of hydrogen-bond acceptors (Lipinski definition) is 5. The molecule has 124 valence electrons. The topological polar surface area (TPSA) is 92.9 Å². The highest BCUT2D eigenvalue weighted by atomic mass is 16.5. The third-order valence-corrected chi connectivity index (χ3v) is 4.50. The Kier molecular flexibility index (Phi) is 3.57. The van der Waals surface area contributed by atoms with Crippen molar-refractivity contribution in [3.05, 3.63) is 53.2 Å². The summed E-state index contributed by atoms with van der Waals surface area (Å²) in [4.78, 5) is 29.2. The van der Waals surface area contributed by atoms with Crippen molar-refractivity contribution in [3.63, 3.8) is 0 Å². The number of aromatic carboxylic acids is 1. The molecule has 1 atom stereocenters. The summed E-state index contributed by atoms with van der Waals surface area (Å²) in [6.45, 7) is 1.45. The van der Waals surface area contributed by atoms with Crippen LogP contribution in [-0.2, 0) is 16.0 Å². The number of amides is 1. The summed E-state index contributed by atoms with van der Waals surface area (Å²) in [5, 5.41) is 8.87. The smallest absolute Gasteiger partial charge is 0.357 e. The molecule has 4 rings (SSSR count). The van der Waals surface area contributed by atoms with E-state index in [2.05, 4.69) is 4.98 Å². The van der Waals surface area contributed by atoms with Crippen molar-refractivity contribution < 1.29 is 23.8 Å². The number of carbonyl (C=O) groups is 2. The minimum absolute atomic E-state index is 0.0663. The summed E-state index contributed by atoms with van der Waals surface area (Å²) in [6.07, 6.45) is 1.38. The van der Waals surface area contributed by atoms with Crippen molar-refractivity contribution in [3.8, 4) is 0 Å². The monoisotopic (exact) mass is 328 g/mol. The molecule has 7 nitrogen and oxygen atoms in total. The molecule has 0 radical (unpaired) electrons. The fourth-order valence-corrected chi connectivity index (χ4v) is 3.15. The molecule has 2 aliphatic rings. The molecule has 7 heteroatoms. The van der Waals surface area contributed by atoms with Crippen LogP contribution in [0.2, 0.25) is 0 Å². The average Bonchev–Trinajstić information content (AvgIpc) is 3.02. The Morgan fingerprint density at radius 3 is 2.79 bits per heavy atom. The second-order valence-corrected chi connectivity index (χ2v) is 6.02. The molecule has 1 fully saturated rings. The van der Waals surface area contributed by atoms with Crippen LogP contribution in [0.1, 0.15) is 39.5 Å². The second-order valence-electron chi connectivity index (χ2n) is 6.02.